The minimum atomic E-state index is 0.441. The molecule has 2 N–H and O–H groups in total. The fourth-order valence-corrected chi connectivity index (χ4v) is 4.31. The van der Waals surface area contributed by atoms with Crippen LogP contribution in [0.5, 0.6) is 0 Å². The Morgan fingerprint density at radius 1 is 1.03 bits per heavy atom. The Balaban J connectivity index is 0.00000126. The van der Waals surface area contributed by atoms with Gasteiger partial charge in [0.1, 0.15) is 12.1 Å². The monoisotopic (exact) mass is 439 g/mol. The van der Waals surface area contributed by atoms with E-state index in [9.17, 15) is 0 Å². The van der Waals surface area contributed by atoms with Crippen LogP contribution in [0.25, 0.3) is 22.8 Å². The van der Waals surface area contributed by atoms with E-state index >= 15 is 0 Å². The molecule has 0 amide bonds. The molecule has 0 unspecified atom stereocenters. The highest BCUT2D eigenvalue weighted by atomic mass is 15.3. The Hall–Kier alpha value is -4.00. The van der Waals surface area contributed by atoms with Crippen LogP contribution in [0.2, 0.25) is 0 Å². The zero-order valence-electron chi connectivity index (χ0n) is 19.8. The summed E-state index contributed by atoms with van der Waals surface area (Å²) in [5.41, 5.74) is 15.1. The van der Waals surface area contributed by atoms with Crippen LogP contribution in [0, 0.1) is 20.8 Å². The minimum Gasteiger partial charge on any atom is -0.383 e. The largest absolute Gasteiger partial charge is 0.383 e. The molecule has 0 bridgehead atoms. The van der Waals surface area contributed by atoms with E-state index in [0.29, 0.717) is 12.4 Å². The Morgan fingerprint density at radius 3 is 2.58 bits per heavy atom. The number of hydrogen-bond acceptors (Lipinski definition) is 6. The molecule has 4 heterocycles. The second-order valence-corrected chi connectivity index (χ2v) is 7.82. The van der Waals surface area contributed by atoms with Crippen LogP contribution in [-0.4, -0.2) is 24.7 Å². The van der Waals surface area contributed by atoms with Gasteiger partial charge in [-0.15, -0.1) is 0 Å². The third-order valence-corrected chi connectivity index (χ3v) is 5.77. The van der Waals surface area contributed by atoms with Gasteiger partial charge >= 0.3 is 0 Å². The Kier molecular flexibility index (Phi) is 5.96. The zero-order valence-corrected chi connectivity index (χ0v) is 19.8. The summed E-state index contributed by atoms with van der Waals surface area (Å²) >= 11 is 0. The molecule has 0 fully saturated rings. The van der Waals surface area contributed by atoms with E-state index in [1.165, 1.54) is 11.9 Å². The van der Waals surface area contributed by atoms with Gasteiger partial charge in [-0.2, -0.15) is 5.10 Å². The van der Waals surface area contributed by atoms with Crippen LogP contribution in [0.1, 0.15) is 41.8 Å². The molecule has 0 saturated heterocycles. The average Bonchev–Trinajstić information content (AvgIpc) is 3.12. The minimum absolute atomic E-state index is 0.441. The number of nitrogens with two attached hydrogens (primary N) is 1. The van der Waals surface area contributed by atoms with E-state index < -0.39 is 0 Å². The maximum atomic E-state index is 6.09. The van der Waals surface area contributed by atoms with Gasteiger partial charge in [0.2, 0.25) is 0 Å². The van der Waals surface area contributed by atoms with Gasteiger partial charge in [0.05, 0.1) is 29.5 Å². The van der Waals surface area contributed by atoms with Crippen molar-refractivity contribution in [1.29, 1.82) is 0 Å². The SMILES string of the molecule is C=C1c2c(C)cccc2C=C(Cn2nc(C)c3c(N)ncnc32)N1c1cnccc1C.CC. The van der Waals surface area contributed by atoms with Crippen molar-refractivity contribution in [2.75, 3.05) is 10.6 Å². The smallest absolute Gasteiger partial charge is 0.163 e. The van der Waals surface area contributed by atoms with Crippen LogP contribution >= 0.6 is 0 Å². The molecular weight excluding hydrogens is 410 g/mol. The molecule has 0 atom stereocenters. The number of aromatic nitrogens is 5. The van der Waals surface area contributed by atoms with Crippen LogP contribution in [0.3, 0.4) is 0 Å². The van der Waals surface area contributed by atoms with E-state index in [4.69, 9.17) is 10.8 Å². The number of nitrogens with zero attached hydrogens (tertiary/aromatic N) is 6. The summed E-state index contributed by atoms with van der Waals surface area (Å²) in [4.78, 5) is 15.1. The second kappa shape index (κ2) is 8.86. The lowest BCUT2D eigenvalue weighted by Crippen LogP contribution is -2.28. The molecule has 1 aliphatic rings. The molecule has 168 valence electrons. The molecule has 1 aliphatic heterocycles. The zero-order chi connectivity index (χ0) is 23.7. The first-order valence-corrected chi connectivity index (χ1v) is 11.1. The van der Waals surface area contributed by atoms with Crippen LogP contribution in [-0.2, 0) is 6.54 Å². The molecule has 3 aromatic heterocycles. The third kappa shape index (κ3) is 3.75. The second-order valence-electron chi connectivity index (χ2n) is 7.82. The summed E-state index contributed by atoms with van der Waals surface area (Å²) in [6, 6.07) is 8.31. The number of fused-ring (bicyclic) bond motifs is 2. The molecule has 7 nitrogen and oxygen atoms in total. The predicted molar refractivity (Wildman–Crippen MR) is 135 cm³/mol. The quantitative estimate of drug-likeness (QED) is 0.467. The fraction of sp³-hybridized carbons (Fsp3) is 0.231. The summed E-state index contributed by atoms with van der Waals surface area (Å²) in [5.74, 6) is 0.441. The summed E-state index contributed by atoms with van der Waals surface area (Å²) in [5, 5.41) is 5.51. The first-order valence-electron chi connectivity index (χ1n) is 11.1. The van der Waals surface area contributed by atoms with Crippen molar-refractivity contribution in [2.45, 2.75) is 41.2 Å². The number of hydrogen-bond donors (Lipinski definition) is 1. The lowest BCUT2D eigenvalue weighted by molar-refractivity contribution is 0.679. The molecule has 7 heteroatoms. The number of benzene rings is 1. The Bertz CT molecular complexity index is 1380. The first-order chi connectivity index (χ1) is 16.0. The van der Waals surface area contributed by atoms with Crippen LogP contribution in [0.15, 0.2) is 55.3 Å². The van der Waals surface area contributed by atoms with Crippen molar-refractivity contribution in [3.05, 3.63) is 83.2 Å². The van der Waals surface area contributed by atoms with Gasteiger partial charge in [0.15, 0.2) is 5.65 Å². The van der Waals surface area contributed by atoms with Crippen molar-refractivity contribution in [3.8, 4) is 0 Å². The lowest BCUT2D eigenvalue weighted by atomic mass is 9.93. The van der Waals surface area contributed by atoms with Gasteiger partial charge in [-0.25, -0.2) is 14.6 Å². The maximum absolute atomic E-state index is 6.09. The highest BCUT2D eigenvalue weighted by Gasteiger charge is 2.27. The van der Waals surface area contributed by atoms with Gasteiger partial charge in [0.25, 0.3) is 0 Å². The van der Waals surface area contributed by atoms with E-state index in [1.54, 1.807) is 6.20 Å². The van der Waals surface area contributed by atoms with Gasteiger partial charge in [-0.05, 0) is 49.6 Å². The third-order valence-electron chi connectivity index (χ3n) is 5.77. The lowest BCUT2D eigenvalue weighted by Gasteiger charge is -2.35. The van der Waals surface area contributed by atoms with Gasteiger partial charge in [-0.1, -0.05) is 38.6 Å². The van der Waals surface area contributed by atoms with E-state index in [2.05, 4.69) is 64.6 Å². The topological polar surface area (TPSA) is 85.8 Å². The van der Waals surface area contributed by atoms with Crippen LogP contribution in [0.4, 0.5) is 11.5 Å². The van der Waals surface area contributed by atoms with E-state index in [0.717, 1.165) is 50.5 Å². The molecule has 1 aromatic carbocycles. The highest BCUT2D eigenvalue weighted by Crippen LogP contribution is 2.39. The van der Waals surface area contributed by atoms with Gasteiger partial charge in [-0.3, -0.25) is 4.98 Å². The number of allylic oxidation sites excluding steroid dienone is 1. The molecular formula is C26H29N7. The summed E-state index contributed by atoms with van der Waals surface area (Å²) < 4.78 is 1.88. The molecule has 33 heavy (non-hydrogen) atoms. The first kappa shape index (κ1) is 22.2. The van der Waals surface area contributed by atoms with E-state index in [-0.39, 0.29) is 0 Å². The fourth-order valence-electron chi connectivity index (χ4n) is 4.31. The number of anilines is 2. The summed E-state index contributed by atoms with van der Waals surface area (Å²) in [7, 11) is 0. The van der Waals surface area contributed by atoms with Crippen molar-refractivity contribution in [1.82, 2.24) is 24.7 Å². The molecule has 4 aromatic rings. The van der Waals surface area contributed by atoms with Crippen molar-refractivity contribution >= 4 is 34.3 Å². The molecule has 0 aliphatic carbocycles. The number of aryl methyl sites for hydroxylation is 3. The number of rotatable bonds is 3. The molecule has 5 rings (SSSR count). The van der Waals surface area contributed by atoms with Crippen molar-refractivity contribution < 1.29 is 0 Å². The molecule has 0 spiro atoms. The normalized spacial score (nSPS) is 12.8. The molecule has 0 saturated carbocycles. The van der Waals surface area contributed by atoms with Crippen molar-refractivity contribution in [2.24, 2.45) is 0 Å². The van der Waals surface area contributed by atoms with E-state index in [1.807, 2.05) is 37.7 Å². The summed E-state index contributed by atoms with van der Waals surface area (Å²) in [6.07, 6.45) is 7.35. The number of nitrogen functional groups attached to an aromatic ring is 1. The number of pyridine rings is 1. The predicted octanol–water partition coefficient (Wildman–Crippen LogP) is 5.29. The van der Waals surface area contributed by atoms with Crippen molar-refractivity contribution in [3.63, 3.8) is 0 Å². The van der Waals surface area contributed by atoms with Crippen LogP contribution < -0.4 is 10.6 Å². The standard InChI is InChI=1S/C24H23N7.C2H6/c1-14-8-9-26-11-20(14)31-17(4)21-15(2)6-5-7-18(21)10-19(31)12-30-24-22(16(3)29-30)23(25)27-13-28-24;1-2/h5-11,13H,4,12H2,1-3H3,(H2,25,27,28);1-2H3. The summed E-state index contributed by atoms with van der Waals surface area (Å²) in [6.45, 7) is 15.1. The molecule has 0 radical (unpaired) electrons. The Morgan fingerprint density at radius 2 is 1.82 bits per heavy atom. The van der Waals surface area contributed by atoms with Gasteiger partial charge < -0.3 is 10.6 Å². The average molecular weight is 440 g/mol. The maximum Gasteiger partial charge on any atom is 0.163 e. The Labute approximate surface area is 194 Å². The highest BCUT2D eigenvalue weighted by molar-refractivity contribution is 5.93. The van der Waals surface area contributed by atoms with Gasteiger partial charge in [0, 0.05) is 23.2 Å².